The third-order valence-corrected chi connectivity index (χ3v) is 3.21. The topological polar surface area (TPSA) is 83.1 Å². The summed E-state index contributed by atoms with van der Waals surface area (Å²) in [5.74, 6) is 2.20. The van der Waals surface area contributed by atoms with Gasteiger partial charge in [0, 0.05) is 11.3 Å². The summed E-state index contributed by atoms with van der Waals surface area (Å²) < 4.78 is 9.89. The lowest BCUT2D eigenvalue weighted by atomic mass is 10.1. The quantitative estimate of drug-likeness (QED) is 0.371. The van der Waals surface area contributed by atoms with Crippen LogP contribution in [0.5, 0.6) is 5.75 Å². The van der Waals surface area contributed by atoms with Crippen molar-refractivity contribution in [3.8, 4) is 18.1 Å². The van der Waals surface area contributed by atoms with Crippen LogP contribution in [0.1, 0.15) is 21.5 Å². The molecule has 0 saturated carbocycles. The second-order valence-corrected chi connectivity index (χ2v) is 5.03. The first-order valence-corrected chi connectivity index (χ1v) is 7.49. The number of carbonyl (C=O) groups excluding carboxylic acids is 2. The molecule has 0 bridgehead atoms. The number of terminal acetylenes is 1. The molecular formula is C19H17NO6. The molecule has 0 unspecified atom stereocenters. The highest BCUT2D eigenvalue weighted by atomic mass is 17.2. The van der Waals surface area contributed by atoms with Crippen LogP contribution in [0.15, 0.2) is 42.5 Å². The highest BCUT2D eigenvalue weighted by Crippen LogP contribution is 2.19. The van der Waals surface area contributed by atoms with Crippen LogP contribution in [0, 0.1) is 12.3 Å². The number of nitrogens with one attached hydrogen (secondary N) is 1. The van der Waals surface area contributed by atoms with Crippen LogP contribution in [-0.2, 0) is 21.1 Å². The van der Waals surface area contributed by atoms with E-state index >= 15 is 0 Å². The van der Waals surface area contributed by atoms with Gasteiger partial charge in [-0.05, 0) is 42.0 Å². The molecule has 0 fully saturated rings. The van der Waals surface area contributed by atoms with Gasteiger partial charge in [-0.25, -0.2) is 19.4 Å². The Hall–Kier alpha value is -3.34. The van der Waals surface area contributed by atoms with E-state index in [-0.39, 0.29) is 12.2 Å². The van der Waals surface area contributed by atoms with Crippen molar-refractivity contribution in [2.75, 3.05) is 19.5 Å². The van der Waals surface area contributed by atoms with Gasteiger partial charge in [-0.15, -0.1) is 6.42 Å². The molecule has 134 valence electrons. The number of hydrogen-bond acceptors (Lipinski definition) is 6. The van der Waals surface area contributed by atoms with Crippen LogP contribution >= 0.6 is 0 Å². The zero-order valence-electron chi connectivity index (χ0n) is 14.3. The van der Waals surface area contributed by atoms with E-state index in [1.807, 2.05) is 0 Å². The first kappa shape index (κ1) is 19.0. The first-order chi connectivity index (χ1) is 12.5. The first-order valence-electron chi connectivity index (χ1n) is 7.49. The maximum atomic E-state index is 12.1. The van der Waals surface area contributed by atoms with Crippen molar-refractivity contribution in [2.45, 2.75) is 6.61 Å². The summed E-state index contributed by atoms with van der Waals surface area (Å²) in [6.45, 7) is 0.0786. The van der Waals surface area contributed by atoms with Crippen molar-refractivity contribution >= 4 is 17.7 Å². The van der Waals surface area contributed by atoms with Gasteiger partial charge in [0.1, 0.15) is 12.4 Å². The maximum Gasteiger partial charge on any atom is 0.417 e. The molecule has 0 saturated heterocycles. The minimum atomic E-state index is -0.736. The van der Waals surface area contributed by atoms with Gasteiger partial charge in [0.05, 0.1) is 19.8 Å². The normalized spacial score (nSPS) is 9.88. The van der Waals surface area contributed by atoms with E-state index in [2.05, 4.69) is 16.1 Å². The number of ether oxygens (including phenoxy) is 2. The van der Waals surface area contributed by atoms with Crippen LogP contribution < -0.4 is 10.1 Å². The van der Waals surface area contributed by atoms with Crippen LogP contribution in [-0.4, -0.2) is 26.3 Å². The number of esters is 1. The standard InChI is InChI=1S/C19H17NO6/c1-4-13-6-5-7-17(10-13)26-19(22)20-16-9-14(12-25-24-3)8-15(11-16)18(21)23-2/h1,5-11H,12H2,2-3H3,(H,20,22). The second-order valence-electron chi connectivity index (χ2n) is 5.03. The van der Waals surface area contributed by atoms with Crippen LogP contribution in [0.2, 0.25) is 0 Å². The highest BCUT2D eigenvalue weighted by molar-refractivity contribution is 5.93. The van der Waals surface area contributed by atoms with E-state index in [0.717, 1.165) is 0 Å². The largest absolute Gasteiger partial charge is 0.465 e. The summed E-state index contributed by atoms with van der Waals surface area (Å²) in [5, 5.41) is 2.55. The fourth-order valence-electron chi connectivity index (χ4n) is 2.11. The van der Waals surface area contributed by atoms with Crippen molar-refractivity contribution in [3.63, 3.8) is 0 Å². The predicted molar refractivity (Wildman–Crippen MR) is 93.6 cm³/mol. The Morgan fingerprint density at radius 3 is 2.65 bits per heavy atom. The number of amides is 1. The number of carbonyl (C=O) groups is 2. The molecule has 2 aromatic rings. The number of hydrogen-bond donors (Lipinski definition) is 1. The van der Waals surface area contributed by atoms with Crippen LogP contribution in [0.3, 0.4) is 0 Å². The fraction of sp³-hybridized carbons (Fsp3) is 0.158. The van der Waals surface area contributed by atoms with Gasteiger partial charge in [0.15, 0.2) is 0 Å². The van der Waals surface area contributed by atoms with Gasteiger partial charge in [-0.3, -0.25) is 5.32 Å². The van der Waals surface area contributed by atoms with Gasteiger partial charge in [-0.1, -0.05) is 12.0 Å². The Morgan fingerprint density at radius 1 is 1.15 bits per heavy atom. The summed E-state index contributed by atoms with van der Waals surface area (Å²) in [7, 11) is 2.63. The lowest BCUT2D eigenvalue weighted by Gasteiger charge is -2.10. The molecule has 1 N–H and O–H groups in total. The van der Waals surface area contributed by atoms with Gasteiger partial charge in [-0.2, -0.15) is 0 Å². The van der Waals surface area contributed by atoms with Crippen molar-refractivity contribution in [2.24, 2.45) is 0 Å². The molecule has 0 atom stereocenters. The average Bonchev–Trinajstić information content (AvgIpc) is 2.65. The van der Waals surface area contributed by atoms with E-state index in [0.29, 0.717) is 22.6 Å². The summed E-state index contributed by atoms with van der Waals surface area (Å²) in [5.41, 5.74) is 1.76. The summed E-state index contributed by atoms with van der Waals surface area (Å²) >= 11 is 0. The second kappa shape index (κ2) is 9.22. The van der Waals surface area contributed by atoms with E-state index in [1.165, 1.54) is 20.3 Å². The zero-order chi connectivity index (χ0) is 18.9. The Balaban J connectivity index is 2.16. The number of benzene rings is 2. The lowest BCUT2D eigenvalue weighted by molar-refractivity contribution is -0.282. The van der Waals surface area contributed by atoms with E-state index in [1.54, 1.807) is 36.4 Å². The number of methoxy groups -OCH3 is 1. The van der Waals surface area contributed by atoms with E-state index in [9.17, 15) is 9.59 Å². The minimum Gasteiger partial charge on any atom is -0.465 e. The molecular weight excluding hydrogens is 338 g/mol. The molecule has 26 heavy (non-hydrogen) atoms. The Morgan fingerprint density at radius 2 is 1.96 bits per heavy atom. The third kappa shape index (κ3) is 5.34. The van der Waals surface area contributed by atoms with Crippen molar-refractivity contribution in [1.29, 1.82) is 0 Å². The zero-order valence-corrected chi connectivity index (χ0v) is 14.3. The molecule has 0 spiro atoms. The molecule has 2 rings (SSSR count). The maximum absolute atomic E-state index is 12.1. The predicted octanol–water partition coefficient (Wildman–Crippen LogP) is 3.14. The molecule has 1 amide bonds. The van der Waals surface area contributed by atoms with Crippen LogP contribution in [0.25, 0.3) is 0 Å². The molecule has 0 aliphatic carbocycles. The monoisotopic (exact) mass is 355 g/mol. The molecule has 0 radical (unpaired) electrons. The fourth-order valence-corrected chi connectivity index (χ4v) is 2.11. The summed E-state index contributed by atoms with van der Waals surface area (Å²) in [4.78, 5) is 33.3. The Kier molecular flexibility index (Phi) is 6.74. The van der Waals surface area contributed by atoms with E-state index < -0.39 is 12.1 Å². The Labute approximate surface area is 150 Å². The van der Waals surface area contributed by atoms with Crippen molar-refractivity contribution < 1.29 is 28.8 Å². The number of anilines is 1. The molecule has 0 aromatic heterocycles. The molecule has 7 nitrogen and oxygen atoms in total. The lowest BCUT2D eigenvalue weighted by Crippen LogP contribution is -2.17. The van der Waals surface area contributed by atoms with Crippen molar-refractivity contribution in [1.82, 2.24) is 0 Å². The molecule has 0 heterocycles. The van der Waals surface area contributed by atoms with Crippen molar-refractivity contribution in [3.05, 3.63) is 59.2 Å². The minimum absolute atomic E-state index is 0.0786. The highest BCUT2D eigenvalue weighted by Gasteiger charge is 2.12. The van der Waals surface area contributed by atoms with Crippen LogP contribution in [0.4, 0.5) is 10.5 Å². The van der Waals surface area contributed by atoms with Gasteiger partial charge in [0.2, 0.25) is 0 Å². The molecule has 7 heteroatoms. The molecule has 0 aliphatic heterocycles. The SMILES string of the molecule is C#Cc1cccc(OC(=O)Nc2cc(COOC)cc(C(=O)OC)c2)c1. The average molecular weight is 355 g/mol. The van der Waals surface area contributed by atoms with E-state index in [4.69, 9.17) is 20.8 Å². The Bertz CT molecular complexity index is 840. The molecule has 0 aliphatic rings. The molecule has 2 aromatic carbocycles. The van der Waals surface area contributed by atoms with Gasteiger partial charge >= 0.3 is 12.1 Å². The van der Waals surface area contributed by atoms with Gasteiger partial charge < -0.3 is 9.47 Å². The summed E-state index contributed by atoms with van der Waals surface area (Å²) in [6, 6.07) is 11.2. The smallest absolute Gasteiger partial charge is 0.417 e. The summed E-state index contributed by atoms with van der Waals surface area (Å²) in [6.07, 6.45) is 4.58. The number of rotatable bonds is 6. The van der Waals surface area contributed by atoms with Gasteiger partial charge in [0.25, 0.3) is 0 Å². The third-order valence-electron chi connectivity index (χ3n) is 3.21.